The molecule has 2 aromatic rings. The summed E-state index contributed by atoms with van der Waals surface area (Å²) >= 11 is 0. The molecule has 0 atom stereocenters. The molecule has 4 rings (SSSR count). The van der Waals surface area contributed by atoms with Gasteiger partial charge in [-0.25, -0.2) is 12.8 Å². The number of halogens is 1. The van der Waals surface area contributed by atoms with E-state index in [0.717, 1.165) is 30.4 Å². The zero-order valence-corrected chi connectivity index (χ0v) is 15.6. The summed E-state index contributed by atoms with van der Waals surface area (Å²) in [5, 5.41) is 0. The van der Waals surface area contributed by atoms with Crippen molar-refractivity contribution in [1.82, 2.24) is 4.90 Å². The van der Waals surface area contributed by atoms with Crippen LogP contribution in [-0.2, 0) is 33.5 Å². The molecule has 7 heteroatoms. The van der Waals surface area contributed by atoms with E-state index in [1.54, 1.807) is 18.2 Å². The Labute approximate surface area is 158 Å². The molecule has 1 amide bonds. The molecule has 27 heavy (non-hydrogen) atoms. The first kappa shape index (κ1) is 18.0. The van der Waals surface area contributed by atoms with Crippen LogP contribution in [-0.4, -0.2) is 25.8 Å². The monoisotopic (exact) mass is 388 g/mol. The van der Waals surface area contributed by atoms with Gasteiger partial charge < -0.3 is 4.90 Å². The first-order valence-electron chi connectivity index (χ1n) is 9.05. The molecule has 0 unspecified atom stereocenters. The van der Waals surface area contributed by atoms with Crippen LogP contribution in [0.5, 0.6) is 0 Å². The van der Waals surface area contributed by atoms with E-state index >= 15 is 0 Å². The maximum Gasteiger partial charge on any atom is 0.236 e. The Hall–Kier alpha value is -2.41. The number of rotatable bonds is 5. The predicted octanol–water partition coefficient (Wildman–Crippen LogP) is 3.06. The zero-order valence-electron chi connectivity index (χ0n) is 14.8. The molecule has 1 aliphatic heterocycles. The molecule has 1 fully saturated rings. The molecule has 2 aromatic carbocycles. The second kappa shape index (κ2) is 6.96. The summed E-state index contributed by atoms with van der Waals surface area (Å²) in [6.07, 6.45) is 2.73. The summed E-state index contributed by atoms with van der Waals surface area (Å²) < 4.78 is 40.7. The summed E-state index contributed by atoms with van der Waals surface area (Å²) in [5.41, 5.74) is 2.97. The molecule has 1 N–H and O–H groups in total. The van der Waals surface area contributed by atoms with Crippen molar-refractivity contribution in [2.24, 2.45) is 5.92 Å². The Bertz CT molecular complexity index is 986. The van der Waals surface area contributed by atoms with Crippen LogP contribution < -0.4 is 4.72 Å². The number of hydrogen-bond donors (Lipinski definition) is 1. The van der Waals surface area contributed by atoms with E-state index in [2.05, 4.69) is 4.72 Å². The van der Waals surface area contributed by atoms with Gasteiger partial charge in [0.05, 0.1) is 5.75 Å². The van der Waals surface area contributed by atoms with Gasteiger partial charge in [-0.15, -0.1) is 0 Å². The maximum absolute atomic E-state index is 13.3. The molecule has 1 aliphatic carbocycles. The van der Waals surface area contributed by atoms with Crippen molar-refractivity contribution in [2.45, 2.75) is 31.6 Å². The summed E-state index contributed by atoms with van der Waals surface area (Å²) in [4.78, 5) is 14.2. The third-order valence-electron chi connectivity index (χ3n) is 4.98. The average Bonchev–Trinajstić information content (AvgIpc) is 3.44. The van der Waals surface area contributed by atoms with Gasteiger partial charge in [-0.3, -0.25) is 9.52 Å². The second-order valence-corrected chi connectivity index (χ2v) is 8.98. The van der Waals surface area contributed by atoms with Crippen LogP contribution in [0.25, 0.3) is 0 Å². The van der Waals surface area contributed by atoms with E-state index in [4.69, 9.17) is 0 Å². The normalized spacial score (nSPS) is 16.7. The third kappa shape index (κ3) is 4.30. The molecule has 142 valence electrons. The molecule has 1 saturated carbocycles. The SMILES string of the molecule is O=C(C1CC1)N1CCc2ccc(NS(=O)(=O)Cc3cccc(F)c3)cc2C1. The third-order valence-corrected chi connectivity index (χ3v) is 6.24. The Balaban J connectivity index is 1.48. The molecular formula is C20H21FN2O3S. The zero-order chi connectivity index (χ0) is 19.0. The number of carbonyl (C=O) groups is 1. The van der Waals surface area contributed by atoms with Crippen molar-refractivity contribution in [3.63, 3.8) is 0 Å². The lowest BCUT2D eigenvalue weighted by molar-refractivity contribution is -0.133. The van der Waals surface area contributed by atoms with Crippen molar-refractivity contribution in [2.75, 3.05) is 11.3 Å². The number of sulfonamides is 1. The fraction of sp³-hybridized carbons (Fsp3) is 0.350. The van der Waals surface area contributed by atoms with Gasteiger partial charge in [0.2, 0.25) is 15.9 Å². The fourth-order valence-corrected chi connectivity index (χ4v) is 4.64. The largest absolute Gasteiger partial charge is 0.338 e. The standard InChI is InChI=1S/C20H21FN2O3S/c21-18-3-1-2-14(10-18)13-27(25,26)22-19-7-6-15-8-9-23(12-17(15)11-19)20(24)16-4-5-16/h1-3,6-7,10-11,16,22H,4-5,8-9,12-13H2. The Morgan fingerprint density at radius 3 is 2.70 bits per heavy atom. The van der Waals surface area contributed by atoms with Gasteiger partial charge in [0.25, 0.3) is 0 Å². The summed E-state index contributed by atoms with van der Waals surface area (Å²) in [6.45, 7) is 1.23. The lowest BCUT2D eigenvalue weighted by Gasteiger charge is -2.29. The summed E-state index contributed by atoms with van der Waals surface area (Å²) in [6, 6.07) is 11.0. The molecule has 0 bridgehead atoms. The van der Waals surface area contributed by atoms with E-state index in [1.165, 1.54) is 18.2 Å². The molecule has 5 nitrogen and oxygen atoms in total. The van der Waals surface area contributed by atoms with Crippen LogP contribution in [0.2, 0.25) is 0 Å². The van der Waals surface area contributed by atoms with Gasteiger partial charge in [0.15, 0.2) is 0 Å². The summed E-state index contributed by atoms with van der Waals surface area (Å²) in [5.74, 6) is -0.372. The van der Waals surface area contributed by atoms with Crippen LogP contribution in [0.15, 0.2) is 42.5 Å². The van der Waals surface area contributed by atoms with Gasteiger partial charge in [-0.2, -0.15) is 0 Å². The van der Waals surface area contributed by atoms with Crippen LogP contribution >= 0.6 is 0 Å². The van der Waals surface area contributed by atoms with Crippen molar-refractivity contribution in [1.29, 1.82) is 0 Å². The highest BCUT2D eigenvalue weighted by Gasteiger charge is 2.34. The minimum Gasteiger partial charge on any atom is -0.338 e. The minimum absolute atomic E-state index is 0.180. The van der Waals surface area contributed by atoms with E-state index in [9.17, 15) is 17.6 Å². The van der Waals surface area contributed by atoms with Crippen LogP contribution in [0.4, 0.5) is 10.1 Å². The van der Waals surface area contributed by atoms with Crippen molar-refractivity contribution in [3.8, 4) is 0 Å². The smallest absolute Gasteiger partial charge is 0.236 e. The molecule has 2 aliphatic rings. The quantitative estimate of drug-likeness (QED) is 0.856. The molecule has 1 heterocycles. The van der Waals surface area contributed by atoms with E-state index in [1.807, 2.05) is 11.0 Å². The first-order valence-corrected chi connectivity index (χ1v) is 10.7. The van der Waals surface area contributed by atoms with Gasteiger partial charge in [0.1, 0.15) is 5.82 Å². The highest BCUT2D eigenvalue weighted by atomic mass is 32.2. The molecule has 0 radical (unpaired) electrons. The predicted molar refractivity (Wildman–Crippen MR) is 101 cm³/mol. The second-order valence-electron chi connectivity index (χ2n) is 7.26. The number of nitrogens with one attached hydrogen (secondary N) is 1. The van der Waals surface area contributed by atoms with E-state index in [0.29, 0.717) is 24.3 Å². The number of hydrogen-bond acceptors (Lipinski definition) is 3. The van der Waals surface area contributed by atoms with Crippen molar-refractivity contribution < 1.29 is 17.6 Å². The van der Waals surface area contributed by atoms with Gasteiger partial charge >= 0.3 is 0 Å². The summed E-state index contributed by atoms with van der Waals surface area (Å²) in [7, 11) is -3.66. The van der Waals surface area contributed by atoms with Gasteiger partial charge in [-0.05, 0) is 60.2 Å². The number of nitrogens with zero attached hydrogens (tertiary/aromatic N) is 1. The maximum atomic E-state index is 13.3. The first-order chi connectivity index (χ1) is 12.9. The van der Waals surface area contributed by atoms with Crippen LogP contribution in [0.1, 0.15) is 29.5 Å². The van der Waals surface area contributed by atoms with Gasteiger partial charge in [0, 0.05) is 24.7 Å². The molecule has 0 spiro atoms. The molecule has 0 saturated heterocycles. The highest BCUT2D eigenvalue weighted by Crippen LogP contribution is 2.33. The number of anilines is 1. The number of carbonyl (C=O) groups excluding carboxylic acids is 1. The number of amides is 1. The van der Waals surface area contributed by atoms with E-state index in [-0.39, 0.29) is 17.6 Å². The lowest BCUT2D eigenvalue weighted by Crippen LogP contribution is -2.36. The lowest BCUT2D eigenvalue weighted by atomic mass is 9.99. The van der Waals surface area contributed by atoms with Crippen molar-refractivity contribution >= 4 is 21.6 Å². The highest BCUT2D eigenvalue weighted by molar-refractivity contribution is 7.91. The molecule has 0 aromatic heterocycles. The van der Waals surface area contributed by atoms with Crippen LogP contribution in [0, 0.1) is 11.7 Å². The number of benzene rings is 2. The fourth-order valence-electron chi connectivity index (χ4n) is 3.46. The van der Waals surface area contributed by atoms with E-state index < -0.39 is 15.8 Å². The molecular weight excluding hydrogens is 367 g/mol. The number of fused-ring (bicyclic) bond motifs is 1. The topological polar surface area (TPSA) is 66.5 Å². The Kier molecular flexibility index (Phi) is 4.63. The minimum atomic E-state index is -3.66. The Morgan fingerprint density at radius 2 is 1.96 bits per heavy atom. The van der Waals surface area contributed by atoms with Crippen LogP contribution in [0.3, 0.4) is 0 Å². The Morgan fingerprint density at radius 1 is 1.15 bits per heavy atom. The average molecular weight is 388 g/mol. The van der Waals surface area contributed by atoms with Crippen molar-refractivity contribution in [3.05, 3.63) is 65.0 Å². The van der Waals surface area contributed by atoms with Gasteiger partial charge in [-0.1, -0.05) is 18.2 Å².